The van der Waals surface area contributed by atoms with Crippen molar-refractivity contribution < 1.29 is 4.74 Å². The maximum atomic E-state index is 5.33. The van der Waals surface area contributed by atoms with E-state index < -0.39 is 0 Å². The summed E-state index contributed by atoms with van der Waals surface area (Å²) in [7, 11) is 3.64. The van der Waals surface area contributed by atoms with Crippen molar-refractivity contribution in [2.45, 2.75) is 45.7 Å². The van der Waals surface area contributed by atoms with Crippen LogP contribution in [0, 0.1) is 0 Å². The summed E-state index contributed by atoms with van der Waals surface area (Å²) >= 11 is 0. The van der Waals surface area contributed by atoms with Gasteiger partial charge in [-0.2, -0.15) is 5.10 Å². The number of methoxy groups -OCH3 is 1. The molecule has 4 heteroatoms. The number of hydrogen-bond donors (Lipinski definition) is 1. The van der Waals surface area contributed by atoms with Crippen molar-refractivity contribution in [1.82, 2.24) is 15.1 Å². The summed E-state index contributed by atoms with van der Waals surface area (Å²) in [4.78, 5) is 0. The largest absolute Gasteiger partial charge is 0.493 e. The van der Waals surface area contributed by atoms with Gasteiger partial charge in [0.1, 0.15) is 0 Å². The third kappa shape index (κ3) is 2.76. The highest BCUT2D eigenvalue weighted by atomic mass is 16.5. The van der Waals surface area contributed by atoms with Crippen LogP contribution in [-0.4, -0.2) is 29.0 Å². The van der Waals surface area contributed by atoms with Crippen LogP contribution in [0.3, 0.4) is 0 Å². The minimum absolute atomic E-state index is 0.366. The molecular formula is C12H23N3O. The molecule has 1 heterocycles. The van der Waals surface area contributed by atoms with Gasteiger partial charge in [0.15, 0.2) is 5.75 Å². The van der Waals surface area contributed by atoms with E-state index in [0.29, 0.717) is 18.0 Å². The molecule has 0 aliphatic carbocycles. The lowest BCUT2D eigenvalue weighted by atomic mass is 9.98. The van der Waals surface area contributed by atoms with Crippen molar-refractivity contribution in [1.29, 1.82) is 0 Å². The van der Waals surface area contributed by atoms with Crippen LogP contribution in [0.4, 0.5) is 0 Å². The van der Waals surface area contributed by atoms with E-state index in [4.69, 9.17) is 4.74 Å². The van der Waals surface area contributed by atoms with Crippen LogP contribution < -0.4 is 10.1 Å². The Morgan fingerprint density at radius 3 is 2.44 bits per heavy atom. The first-order valence-corrected chi connectivity index (χ1v) is 5.79. The monoisotopic (exact) mass is 225 g/mol. The lowest BCUT2D eigenvalue weighted by Gasteiger charge is -2.24. The normalized spacial score (nSPS) is 15.2. The predicted octanol–water partition coefficient (Wildman–Crippen LogP) is 1.92. The predicted molar refractivity (Wildman–Crippen MR) is 65.9 cm³/mol. The molecule has 0 aliphatic rings. The number of rotatable bonds is 5. The molecule has 0 aromatic carbocycles. The van der Waals surface area contributed by atoms with Crippen LogP contribution in [0.25, 0.3) is 0 Å². The van der Waals surface area contributed by atoms with E-state index in [1.165, 1.54) is 0 Å². The molecule has 0 amide bonds. The van der Waals surface area contributed by atoms with E-state index in [0.717, 1.165) is 11.4 Å². The second-order valence-electron chi connectivity index (χ2n) is 4.62. The van der Waals surface area contributed by atoms with Crippen molar-refractivity contribution in [2.24, 2.45) is 7.05 Å². The summed E-state index contributed by atoms with van der Waals surface area (Å²) in [5, 5.41) is 7.75. The highest BCUT2D eigenvalue weighted by molar-refractivity contribution is 5.29. The Morgan fingerprint density at radius 2 is 1.94 bits per heavy atom. The first-order valence-electron chi connectivity index (χ1n) is 5.79. The number of aryl methyl sites for hydroxylation is 1. The van der Waals surface area contributed by atoms with Crippen molar-refractivity contribution in [3.63, 3.8) is 0 Å². The van der Waals surface area contributed by atoms with Gasteiger partial charge in [0.25, 0.3) is 0 Å². The topological polar surface area (TPSA) is 39.1 Å². The summed E-state index contributed by atoms with van der Waals surface area (Å²) in [5.74, 6) is 1.23. The van der Waals surface area contributed by atoms with Gasteiger partial charge in [-0.25, -0.2) is 0 Å². The molecule has 2 unspecified atom stereocenters. The van der Waals surface area contributed by atoms with E-state index in [-0.39, 0.29) is 0 Å². The zero-order valence-electron chi connectivity index (χ0n) is 11.1. The molecule has 0 spiro atoms. The molecule has 1 aromatic rings. The van der Waals surface area contributed by atoms with Crippen LogP contribution in [-0.2, 0) is 7.05 Å². The Kier molecular flexibility index (Phi) is 4.35. The van der Waals surface area contributed by atoms with E-state index in [1.807, 2.05) is 11.7 Å². The Labute approximate surface area is 98.0 Å². The minimum Gasteiger partial charge on any atom is -0.493 e. The van der Waals surface area contributed by atoms with E-state index in [1.54, 1.807) is 13.3 Å². The summed E-state index contributed by atoms with van der Waals surface area (Å²) in [6, 6.07) is 0.876. The quantitative estimate of drug-likeness (QED) is 0.832. The summed E-state index contributed by atoms with van der Waals surface area (Å²) in [6.45, 7) is 8.70. The maximum absolute atomic E-state index is 5.33. The first kappa shape index (κ1) is 13.0. The Morgan fingerprint density at radius 1 is 1.31 bits per heavy atom. The molecule has 0 fully saturated rings. The van der Waals surface area contributed by atoms with Gasteiger partial charge in [-0.05, 0) is 6.92 Å². The standard InChI is InChI=1S/C12H23N3O/c1-8(2)14-10(4)9(3)12-11(16-6)7-13-15(12)5/h7-10,14H,1-6H3. The zero-order valence-corrected chi connectivity index (χ0v) is 11.1. The van der Waals surface area contributed by atoms with Gasteiger partial charge in [0, 0.05) is 25.0 Å². The number of hydrogen-bond acceptors (Lipinski definition) is 3. The Hall–Kier alpha value is -1.03. The molecule has 92 valence electrons. The number of ether oxygens (including phenoxy) is 1. The molecule has 1 rings (SSSR count). The Balaban J connectivity index is 2.86. The van der Waals surface area contributed by atoms with Crippen molar-refractivity contribution >= 4 is 0 Å². The van der Waals surface area contributed by atoms with Crippen LogP contribution in [0.2, 0.25) is 0 Å². The molecule has 0 saturated carbocycles. The van der Waals surface area contributed by atoms with Gasteiger partial charge in [-0.15, -0.1) is 0 Å². The fourth-order valence-electron chi connectivity index (χ4n) is 2.01. The lowest BCUT2D eigenvalue weighted by molar-refractivity contribution is 0.383. The summed E-state index contributed by atoms with van der Waals surface area (Å²) in [6.07, 6.45) is 1.77. The van der Waals surface area contributed by atoms with Crippen LogP contribution in [0.15, 0.2) is 6.20 Å². The van der Waals surface area contributed by atoms with Crippen molar-refractivity contribution in [2.75, 3.05) is 7.11 Å². The molecule has 1 aromatic heterocycles. The van der Waals surface area contributed by atoms with Gasteiger partial charge < -0.3 is 10.1 Å². The third-order valence-corrected chi connectivity index (χ3v) is 2.95. The van der Waals surface area contributed by atoms with E-state index >= 15 is 0 Å². The van der Waals surface area contributed by atoms with Crippen molar-refractivity contribution in [3.05, 3.63) is 11.9 Å². The second-order valence-corrected chi connectivity index (χ2v) is 4.62. The second kappa shape index (κ2) is 5.34. The highest BCUT2D eigenvalue weighted by Crippen LogP contribution is 2.27. The van der Waals surface area contributed by atoms with Gasteiger partial charge in [-0.1, -0.05) is 20.8 Å². The SMILES string of the molecule is COc1cnn(C)c1C(C)C(C)NC(C)C. The van der Waals surface area contributed by atoms with Crippen molar-refractivity contribution in [3.8, 4) is 5.75 Å². The van der Waals surface area contributed by atoms with Gasteiger partial charge in [-0.3, -0.25) is 4.68 Å². The summed E-state index contributed by atoms with van der Waals surface area (Å²) in [5.41, 5.74) is 1.14. The molecule has 0 aliphatic heterocycles. The fourth-order valence-corrected chi connectivity index (χ4v) is 2.01. The Bertz CT molecular complexity index is 333. The molecule has 4 nitrogen and oxygen atoms in total. The average Bonchev–Trinajstić information content (AvgIpc) is 2.57. The summed E-state index contributed by atoms with van der Waals surface area (Å²) < 4.78 is 7.22. The minimum atomic E-state index is 0.366. The van der Waals surface area contributed by atoms with E-state index in [9.17, 15) is 0 Å². The molecule has 0 radical (unpaired) electrons. The molecular weight excluding hydrogens is 202 g/mol. The fraction of sp³-hybridized carbons (Fsp3) is 0.750. The lowest BCUT2D eigenvalue weighted by Crippen LogP contribution is -2.36. The number of nitrogens with one attached hydrogen (secondary N) is 1. The van der Waals surface area contributed by atoms with Gasteiger partial charge in [0.05, 0.1) is 19.0 Å². The maximum Gasteiger partial charge on any atom is 0.160 e. The van der Waals surface area contributed by atoms with E-state index in [2.05, 4.69) is 38.1 Å². The highest BCUT2D eigenvalue weighted by Gasteiger charge is 2.22. The van der Waals surface area contributed by atoms with Crippen LogP contribution >= 0.6 is 0 Å². The average molecular weight is 225 g/mol. The number of aromatic nitrogens is 2. The van der Waals surface area contributed by atoms with Gasteiger partial charge in [0.2, 0.25) is 0 Å². The van der Waals surface area contributed by atoms with Crippen LogP contribution in [0.1, 0.15) is 39.3 Å². The molecule has 1 N–H and O–H groups in total. The molecule has 2 atom stereocenters. The third-order valence-electron chi connectivity index (χ3n) is 2.95. The first-order chi connectivity index (χ1) is 7.47. The molecule has 16 heavy (non-hydrogen) atoms. The van der Waals surface area contributed by atoms with Gasteiger partial charge >= 0.3 is 0 Å². The molecule has 0 saturated heterocycles. The van der Waals surface area contributed by atoms with Crippen LogP contribution in [0.5, 0.6) is 5.75 Å². The smallest absolute Gasteiger partial charge is 0.160 e. The number of nitrogens with zero attached hydrogens (tertiary/aromatic N) is 2. The zero-order chi connectivity index (χ0) is 12.3. The molecule has 0 bridgehead atoms.